The molecule has 1 heterocycles. The van der Waals surface area contributed by atoms with Gasteiger partial charge >= 0.3 is 5.97 Å². The molecule has 0 saturated heterocycles. The van der Waals surface area contributed by atoms with E-state index in [1.807, 2.05) is 24.3 Å². The minimum absolute atomic E-state index is 0.293. The van der Waals surface area contributed by atoms with Gasteiger partial charge in [0.05, 0.1) is 25.5 Å². The summed E-state index contributed by atoms with van der Waals surface area (Å²) in [6, 6.07) is 10.8. The van der Waals surface area contributed by atoms with E-state index in [1.54, 1.807) is 19.2 Å². The number of benzene rings is 1. The van der Waals surface area contributed by atoms with Crippen LogP contribution in [0.15, 0.2) is 42.6 Å². The van der Waals surface area contributed by atoms with E-state index in [4.69, 9.17) is 9.47 Å². The summed E-state index contributed by atoms with van der Waals surface area (Å²) in [6.45, 7) is 0.293. The molecule has 5 nitrogen and oxygen atoms in total. The highest BCUT2D eigenvalue weighted by Gasteiger charge is 2.07. The Hall–Kier alpha value is -2.56. The van der Waals surface area contributed by atoms with Crippen molar-refractivity contribution in [1.29, 1.82) is 0 Å². The van der Waals surface area contributed by atoms with E-state index >= 15 is 0 Å². The molecule has 2 aromatic rings. The van der Waals surface area contributed by atoms with Crippen LogP contribution < -0.4 is 9.47 Å². The lowest BCUT2D eigenvalue weighted by Crippen LogP contribution is -2.04. The lowest BCUT2D eigenvalue weighted by molar-refractivity contribution is 0.0600. The predicted octanol–water partition coefficient (Wildman–Crippen LogP) is 2.46. The molecule has 0 aliphatic rings. The third kappa shape index (κ3) is 3.26. The van der Waals surface area contributed by atoms with E-state index in [1.165, 1.54) is 13.3 Å². The average molecular weight is 273 g/mol. The number of nitrogens with zero attached hydrogens (tertiary/aromatic N) is 1. The van der Waals surface area contributed by atoms with Gasteiger partial charge in [0.1, 0.15) is 6.61 Å². The molecule has 1 aromatic carbocycles. The van der Waals surface area contributed by atoms with Crippen LogP contribution in [0.1, 0.15) is 16.1 Å². The summed E-state index contributed by atoms with van der Waals surface area (Å²) in [7, 11) is 2.92. The van der Waals surface area contributed by atoms with Crippen molar-refractivity contribution in [2.24, 2.45) is 0 Å². The van der Waals surface area contributed by atoms with E-state index in [2.05, 4.69) is 9.72 Å². The van der Waals surface area contributed by atoms with Crippen molar-refractivity contribution in [3.8, 4) is 11.5 Å². The van der Waals surface area contributed by atoms with Crippen LogP contribution in [0.4, 0.5) is 0 Å². The molecule has 0 aliphatic carbocycles. The highest BCUT2D eigenvalue weighted by atomic mass is 16.5. The number of rotatable bonds is 5. The molecule has 0 N–H and O–H groups in total. The zero-order valence-corrected chi connectivity index (χ0v) is 11.3. The SMILES string of the molecule is COC(=O)c1ccc(COc2ccccc2OC)nc1. The molecule has 20 heavy (non-hydrogen) atoms. The topological polar surface area (TPSA) is 57.7 Å². The van der Waals surface area contributed by atoms with Gasteiger partial charge < -0.3 is 14.2 Å². The second-order valence-electron chi connectivity index (χ2n) is 3.97. The summed E-state index contributed by atoms with van der Waals surface area (Å²) in [6.07, 6.45) is 1.47. The van der Waals surface area contributed by atoms with Gasteiger partial charge in [0.25, 0.3) is 0 Å². The zero-order valence-electron chi connectivity index (χ0n) is 11.3. The first kappa shape index (κ1) is 13.9. The minimum atomic E-state index is -0.408. The van der Waals surface area contributed by atoms with Crippen molar-refractivity contribution in [2.75, 3.05) is 14.2 Å². The zero-order chi connectivity index (χ0) is 14.4. The third-order valence-electron chi connectivity index (χ3n) is 2.69. The minimum Gasteiger partial charge on any atom is -0.493 e. The molecule has 0 aliphatic heterocycles. The van der Waals surface area contributed by atoms with Crippen LogP contribution in [-0.2, 0) is 11.3 Å². The number of pyridine rings is 1. The van der Waals surface area contributed by atoms with E-state index in [0.29, 0.717) is 29.4 Å². The standard InChI is InChI=1S/C15H15NO4/c1-18-13-5-3-4-6-14(13)20-10-12-8-7-11(9-16-12)15(17)19-2/h3-9H,10H2,1-2H3. The number of ether oxygens (including phenoxy) is 3. The fraction of sp³-hybridized carbons (Fsp3) is 0.200. The second kappa shape index (κ2) is 6.56. The maximum absolute atomic E-state index is 11.3. The van der Waals surface area contributed by atoms with Crippen LogP contribution in [0.2, 0.25) is 0 Å². The average Bonchev–Trinajstić information content (AvgIpc) is 2.53. The Morgan fingerprint density at radius 2 is 1.85 bits per heavy atom. The van der Waals surface area contributed by atoms with E-state index in [-0.39, 0.29) is 0 Å². The van der Waals surface area contributed by atoms with Gasteiger partial charge in [-0.2, -0.15) is 0 Å². The maximum Gasteiger partial charge on any atom is 0.339 e. The Kier molecular flexibility index (Phi) is 4.55. The number of aromatic nitrogens is 1. The molecule has 1 aromatic heterocycles. The Bertz CT molecular complexity index is 581. The fourth-order valence-electron chi connectivity index (χ4n) is 1.64. The molecule has 0 spiro atoms. The third-order valence-corrected chi connectivity index (χ3v) is 2.69. The first-order valence-corrected chi connectivity index (χ1v) is 6.03. The van der Waals surface area contributed by atoms with Crippen LogP contribution >= 0.6 is 0 Å². The van der Waals surface area contributed by atoms with Gasteiger partial charge in [-0.3, -0.25) is 4.98 Å². The van der Waals surface area contributed by atoms with E-state index < -0.39 is 5.97 Å². The number of carbonyl (C=O) groups excluding carboxylic acids is 1. The first-order valence-electron chi connectivity index (χ1n) is 6.03. The van der Waals surface area contributed by atoms with Crippen molar-refractivity contribution in [3.05, 3.63) is 53.9 Å². The summed E-state index contributed by atoms with van der Waals surface area (Å²) in [5.74, 6) is 0.905. The van der Waals surface area contributed by atoms with E-state index in [0.717, 1.165) is 0 Å². The summed E-state index contributed by atoms with van der Waals surface area (Å²) in [5.41, 5.74) is 1.12. The molecule has 104 valence electrons. The molecule has 0 radical (unpaired) electrons. The largest absolute Gasteiger partial charge is 0.493 e. The van der Waals surface area contributed by atoms with Crippen molar-refractivity contribution in [3.63, 3.8) is 0 Å². The number of hydrogen-bond donors (Lipinski definition) is 0. The van der Waals surface area contributed by atoms with Crippen LogP contribution in [0.25, 0.3) is 0 Å². The molecular weight excluding hydrogens is 258 g/mol. The van der Waals surface area contributed by atoms with Crippen LogP contribution in [0.5, 0.6) is 11.5 Å². The van der Waals surface area contributed by atoms with Crippen molar-refractivity contribution < 1.29 is 19.0 Å². The molecular formula is C15H15NO4. The van der Waals surface area contributed by atoms with Gasteiger partial charge in [0, 0.05) is 6.20 Å². The lowest BCUT2D eigenvalue weighted by Gasteiger charge is -2.09. The first-order chi connectivity index (χ1) is 9.74. The van der Waals surface area contributed by atoms with Crippen LogP contribution in [0.3, 0.4) is 0 Å². The van der Waals surface area contributed by atoms with Gasteiger partial charge in [0.15, 0.2) is 11.5 Å². The lowest BCUT2D eigenvalue weighted by atomic mass is 10.2. The number of esters is 1. The Morgan fingerprint density at radius 3 is 2.45 bits per heavy atom. The van der Waals surface area contributed by atoms with Crippen LogP contribution in [0, 0.1) is 0 Å². The van der Waals surface area contributed by atoms with Gasteiger partial charge in [-0.25, -0.2) is 4.79 Å². The second-order valence-corrected chi connectivity index (χ2v) is 3.97. The molecule has 0 atom stereocenters. The monoisotopic (exact) mass is 273 g/mol. The molecule has 2 rings (SSSR count). The number of para-hydroxylation sites is 2. The molecule has 0 amide bonds. The van der Waals surface area contributed by atoms with Gasteiger partial charge in [0.2, 0.25) is 0 Å². The molecule has 0 bridgehead atoms. The molecule has 5 heteroatoms. The Balaban J connectivity index is 2.02. The molecule has 0 fully saturated rings. The normalized spacial score (nSPS) is 9.90. The predicted molar refractivity (Wildman–Crippen MR) is 72.9 cm³/mol. The van der Waals surface area contributed by atoms with Crippen molar-refractivity contribution in [2.45, 2.75) is 6.61 Å². The van der Waals surface area contributed by atoms with Crippen molar-refractivity contribution >= 4 is 5.97 Å². The summed E-state index contributed by atoms with van der Waals surface area (Å²) >= 11 is 0. The Morgan fingerprint density at radius 1 is 1.10 bits per heavy atom. The number of methoxy groups -OCH3 is 2. The highest BCUT2D eigenvalue weighted by Crippen LogP contribution is 2.26. The summed E-state index contributed by atoms with van der Waals surface area (Å²) in [4.78, 5) is 15.4. The molecule has 0 unspecified atom stereocenters. The summed E-state index contributed by atoms with van der Waals surface area (Å²) < 4.78 is 15.4. The van der Waals surface area contributed by atoms with Gasteiger partial charge in [-0.15, -0.1) is 0 Å². The summed E-state index contributed by atoms with van der Waals surface area (Å²) in [5, 5.41) is 0. The van der Waals surface area contributed by atoms with E-state index in [9.17, 15) is 4.79 Å². The quantitative estimate of drug-likeness (QED) is 0.783. The van der Waals surface area contributed by atoms with Crippen molar-refractivity contribution in [1.82, 2.24) is 4.98 Å². The van der Waals surface area contributed by atoms with Gasteiger partial charge in [-0.1, -0.05) is 12.1 Å². The maximum atomic E-state index is 11.3. The Labute approximate surface area is 117 Å². The van der Waals surface area contributed by atoms with Gasteiger partial charge in [-0.05, 0) is 24.3 Å². The van der Waals surface area contributed by atoms with Crippen LogP contribution in [-0.4, -0.2) is 25.2 Å². The highest BCUT2D eigenvalue weighted by molar-refractivity contribution is 5.88. The fourth-order valence-corrected chi connectivity index (χ4v) is 1.64. The molecule has 0 saturated carbocycles. The number of hydrogen-bond acceptors (Lipinski definition) is 5. The smallest absolute Gasteiger partial charge is 0.339 e. The number of carbonyl (C=O) groups is 1.